The lowest BCUT2D eigenvalue weighted by atomic mass is 10.0. The van der Waals surface area contributed by atoms with Gasteiger partial charge in [0.2, 0.25) is 5.91 Å². The number of allylic oxidation sites excluding steroid dienone is 5. The van der Waals surface area contributed by atoms with Crippen LogP contribution >= 0.6 is 0 Å². The van der Waals surface area contributed by atoms with Crippen LogP contribution in [0.4, 0.5) is 0 Å². The van der Waals surface area contributed by atoms with Crippen LogP contribution in [0.2, 0.25) is 0 Å². The molecular formula is C51H97NO4. The van der Waals surface area contributed by atoms with Crippen molar-refractivity contribution in [1.82, 2.24) is 5.32 Å². The van der Waals surface area contributed by atoms with E-state index in [1.807, 2.05) is 6.08 Å². The van der Waals surface area contributed by atoms with E-state index in [9.17, 15) is 20.1 Å². The molecule has 0 rings (SSSR count). The molecule has 56 heavy (non-hydrogen) atoms. The Morgan fingerprint density at radius 2 is 0.768 bits per heavy atom. The minimum Gasteiger partial charge on any atom is -0.394 e. The maximum absolute atomic E-state index is 12.5. The number of hydrogen-bond acceptors (Lipinski definition) is 4. The smallest absolute Gasteiger partial charge is 0.249 e. The molecule has 0 radical (unpaired) electrons. The zero-order chi connectivity index (χ0) is 40.8. The Morgan fingerprint density at radius 1 is 0.446 bits per heavy atom. The third kappa shape index (κ3) is 40.8. The summed E-state index contributed by atoms with van der Waals surface area (Å²) in [7, 11) is 0. The van der Waals surface area contributed by atoms with Gasteiger partial charge in [-0.25, -0.2) is 0 Å². The second-order valence-corrected chi connectivity index (χ2v) is 17.0. The molecule has 0 aliphatic carbocycles. The standard InChI is InChI=1S/C51H97NO4/c1-3-5-7-9-11-13-15-17-19-21-23-24-25-26-27-28-30-32-34-36-38-40-42-44-46-50(55)51(56)52-48(47-53)49(54)45-43-41-39-37-35-33-31-29-22-20-18-16-14-12-10-8-6-4-2/h23-24,26-27,43,45,48-50,53-55H,3-22,25,28-42,44,46-47H2,1-2H3,(H,52,56)/b24-23-,27-26-,45-43+. The number of aliphatic hydroxyl groups is 3. The number of carbonyl (C=O) groups excluding carboxylic acids is 1. The molecule has 0 aliphatic rings. The molecular weight excluding hydrogens is 691 g/mol. The average molecular weight is 788 g/mol. The number of amides is 1. The predicted molar refractivity (Wildman–Crippen MR) is 245 cm³/mol. The number of aliphatic hydroxyl groups excluding tert-OH is 3. The summed E-state index contributed by atoms with van der Waals surface area (Å²) in [5.41, 5.74) is 0. The first kappa shape index (κ1) is 54.6. The van der Waals surface area contributed by atoms with Gasteiger partial charge in [0, 0.05) is 0 Å². The van der Waals surface area contributed by atoms with Crippen LogP contribution in [-0.2, 0) is 4.79 Å². The largest absolute Gasteiger partial charge is 0.394 e. The van der Waals surface area contributed by atoms with Crippen molar-refractivity contribution in [3.8, 4) is 0 Å². The van der Waals surface area contributed by atoms with Crippen molar-refractivity contribution in [2.75, 3.05) is 6.61 Å². The Kier molecular flexibility index (Phi) is 45.1. The molecule has 5 nitrogen and oxygen atoms in total. The maximum Gasteiger partial charge on any atom is 0.249 e. The summed E-state index contributed by atoms with van der Waals surface area (Å²) in [5.74, 6) is -0.506. The summed E-state index contributed by atoms with van der Waals surface area (Å²) in [6.45, 7) is 4.20. The molecule has 1 amide bonds. The van der Waals surface area contributed by atoms with Crippen LogP contribution in [0, 0.1) is 0 Å². The number of nitrogens with one attached hydrogen (secondary N) is 1. The van der Waals surface area contributed by atoms with Gasteiger partial charge in [0.15, 0.2) is 0 Å². The third-order valence-corrected chi connectivity index (χ3v) is 11.5. The lowest BCUT2D eigenvalue weighted by molar-refractivity contribution is -0.131. The van der Waals surface area contributed by atoms with E-state index >= 15 is 0 Å². The molecule has 0 saturated carbocycles. The van der Waals surface area contributed by atoms with Gasteiger partial charge in [-0.1, -0.05) is 243 Å². The molecule has 4 N–H and O–H groups in total. The fraction of sp³-hybridized carbons (Fsp3) is 0.863. The minimum absolute atomic E-state index is 0.365. The van der Waals surface area contributed by atoms with Crippen LogP contribution in [0.1, 0.15) is 258 Å². The first-order valence-electron chi connectivity index (χ1n) is 24.8. The maximum atomic E-state index is 12.5. The second-order valence-electron chi connectivity index (χ2n) is 17.0. The zero-order valence-corrected chi connectivity index (χ0v) is 37.5. The summed E-state index contributed by atoms with van der Waals surface area (Å²) in [5, 5.41) is 33.3. The molecule has 3 atom stereocenters. The molecule has 330 valence electrons. The molecule has 3 unspecified atom stereocenters. The molecule has 0 aromatic carbocycles. The summed E-state index contributed by atoms with van der Waals surface area (Å²) in [4.78, 5) is 12.5. The van der Waals surface area contributed by atoms with Crippen LogP contribution in [0.5, 0.6) is 0 Å². The molecule has 0 aromatic rings. The molecule has 5 heteroatoms. The van der Waals surface area contributed by atoms with Gasteiger partial charge in [-0.3, -0.25) is 4.79 Å². The quantitative estimate of drug-likeness (QED) is 0.0365. The molecule has 0 aromatic heterocycles. The van der Waals surface area contributed by atoms with E-state index in [0.717, 1.165) is 38.5 Å². The Bertz CT molecular complexity index is 870. The van der Waals surface area contributed by atoms with Crippen molar-refractivity contribution in [2.45, 2.75) is 276 Å². The van der Waals surface area contributed by atoms with E-state index in [2.05, 4.69) is 43.5 Å². The van der Waals surface area contributed by atoms with Crippen molar-refractivity contribution in [3.05, 3.63) is 36.5 Å². The van der Waals surface area contributed by atoms with Crippen LogP contribution < -0.4 is 5.32 Å². The van der Waals surface area contributed by atoms with Crippen molar-refractivity contribution in [1.29, 1.82) is 0 Å². The molecule has 0 bridgehead atoms. The summed E-state index contributed by atoms with van der Waals surface area (Å²) >= 11 is 0. The highest BCUT2D eigenvalue weighted by Gasteiger charge is 2.22. The highest BCUT2D eigenvalue weighted by Crippen LogP contribution is 2.16. The normalized spacial score (nSPS) is 13.7. The van der Waals surface area contributed by atoms with E-state index in [1.54, 1.807) is 6.08 Å². The van der Waals surface area contributed by atoms with Gasteiger partial charge < -0.3 is 20.6 Å². The first-order valence-corrected chi connectivity index (χ1v) is 24.8. The van der Waals surface area contributed by atoms with Gasteiger partial charge in [-0.05, 0) is 51.4 Å². The second kappa shape index (κ2) is 46.3. The molecule has 0 saturated heterocycles. The van der Waals surface area contributed by atoms with E-state index < -0.39 is 24.2 Å². The molecule has 0 spiro atoms. The third-order valence-electron chi connectivity index (χ3n) is 11.5. The first-order chi connectivity index (χ1) is 27.6. The Morgan fingerprint density at radius 3 is 1.12 bits per heavy atom. The summed E-state index contributed by atoms with van der Waals surface area (Å²) in [6.07, 6.45) is 59.0. The number of rotatable bonds is 45. The zero-order valence-electron chi connectivity index (χ0n) is 37.5. The van der Waals surface area contributed by atoms with Crippen LogP contribution in [0.15, 0.2) is 36.5 Å². The van der Waals surface area contributed by atoms with Crippen molar-refractivity contribution < 1.29 is 20.1 Å². The van der Waals surface area contributed by atoms with Gasteiger partial charge in [-0.2, -0.15) is 0 Å². The van der Waals surface area contributed by atoms with Gasteiger partial charge in [0.1, 0.15) is 6.10 Å². The lowest BCUT2D eigenvalue weighted by Gasteiger charge is -2.21. The Hall–Kier alpha value is -1.43. The number of unbranched alkanes of at least 4 members (excludes halogenated alkanes) is 33. The van der Waals surface area contributed by atoms with Crippen LogP contribution in [-0.4, -0.2) is 46.1 Å². The van der Waals surface area contributed by atoms with E-state index in [0.29, 0.717) is 6.42 Å². The molecule has 0 aliphatic heterocycles. The molecule has 0 heterocycles. The summed E-state index contributed by atoms with van der Waals surface area (Å²) < 4.78 is 0. The fourth-order valence-electron chi connectivity index (χ4n) is 7.57. The van der Waals surface area contributed by atoms with E-state index in [4.69, 9.17) is 0 Å². The topological polar surface area (TPSA) is 89.8 Å². The number of hydrogen-bond donors (Lipinski definition) is 4. The van der Waals surface area contributed by atoms with Gasteiger partial charge in [0.25, 0.3) is 0 Å². The predicted octanol–water partition coefficient (Wildman–Crippen LogP) is 14.7. The highest BCUT2D eigenvalue weighted by molar-refractivity contribution is 5.80. The molecule has 0 fully saturated rings. The minimum atomic E-state index is -1.10. The fourth-order valence-corrected chi connectivity index (χ4v) is 7.57. The van der Waals surface area contributed by atoms with Gasteiger partial charge in [-0.15, -0.1) is 0 Å². The Labute approximate surface area is 349 Å². The van der Waals surface area contributed by atoms with E-state index in [1.165, 1.54) is 199 Å². The summed E-state index contributed by atoms with van der Waals surface area (Å²) in [6, 6.07) is -0.800. The van der Waals surface area contributed by atoms with Gasteiger partial charge in [0.05, 0.1) is 18.8 Å². The van der Waals surface area contributed by atoms with Crippen LogP contribution in [0.25, 0.3) is 0 Å². The SMILES string of the molecule is CCCCCCCCCCC/C=C\C/C=C\CCCCCCCCCCC(O)C(=O)NC(CO)C(O)/C=C/CCCCCCCCCCCCCCCCCC. The highest BCUT2D eigenvalue weighted by atomic mass is 16.3. The van der Waals surface area contributed by atoms with Crippen molar-refractivity contribution in [3.63, 3.8) is 0 Å². The van der Waals surface area contributed by atoms with Crippen LogP contribution in [0.3, 0.4) is 0 Å². The lowest BCUT2D eigenvalue weighted by Crippen LogP contribution is -2.48. The van der Waals surface area contributed by atoms with Gasteiger partial charge >= 0.3 is 0 Å². The average Bonchev–Trinajstić information content (AvgIpc) is 3.20. The van der Waals surface area contributed by atoms with Crippen molar-refractivity contribution in [2.24, 2.45) is 0 Å². The van der Waals surface area contributed by atoms with Crippen molar-refractivity contribution >= 4 is 5.91 Å². The monoisotopic (exact) mass is 788 g/mol. The Balaban J connectivity index is 3.64. The van der Waals surface area contributed by atoms with E-state index in [-0.39, 0.29) is 6.61 Å². The number of carbonyl (C=O) groups is 1.